The maximum absolute atomic E-state index is 11.6. The monoisotopic (exact) mass is 210 g/mol. The summed E-state index contributed by atoms with van der Waals surface area (Å²) in [4.78, 5) is 0. The lowest BCUT2D eigenvalue weighted by Gasteiger charge is -2.22. The van der Waals surface area contributed by atoms with Crippen LogP contribution in [0.5, 0.6) is 0 Å². The van der Waals surface area contributed by atoms with Gasteiger partial charge in [0.25, 0.3) is 0 Å². The summed E-state index contributed by atoms with van der Waals surface area (Å²) in [7, 11) is 1.40. The first-order valence-electron chi connectivity index (χ1n) is 4.42. The van der Waals surface area contributed by atoms with Gasteiger partial charge in [0.2, 0.25) is 0 Å². The molecule has 0 aliphatic heterocycles. The second-order valence-electron chi connectivity index (χ2n) is 2.95. The first-order valence-corrected chi connectivity index (χ1v) is 6.95. The fraction of sp³-hybridized carbons (Fsp3) is 1.00. The van der Waals surface area contributed by atoms with Crippen molar-refractivity contribution in [2.24, 2.45) is 0 Å². The van der Waals surface area contributed by atoms with E-state index >= 15 is 0 Å². The van der Waals surface area contributed by atoms with Crippen molar-refractivity contribution in [3.05, 3.63) is 0 Å². The second-order valence-corrected chi connectivity index (χ2v) is 6.53. The van der Waals surface area contributed by atoms with Crippen molar-refractivity contribution in [3.8, 4) is 0 Å². The van der Waals surface area contributed by atoms with E-state index in [2.05, 4.69) is 0 Å². The first kappa shape index (κ1) is 13.0. The van der Waals surface area contributed by atoms with Crippen molar-refractivity contribution in [1.29, 1.82) is 0 Å². The zero-order valence-electron chi connectivity index (χ0n) is 8.64. The normalized spacial score (nSPS) is 12.0. The molecule has 0 aromatic rings. The van der Waals surface area contributed by atoms with Gasteiger partial charge in [-0.25, -0.2) is 4.39 Å². The molecule has 0 heterocycles. The summed E-state index contributed by atoms with van der Waals surface area (Å²) in [6.45, 7) is 2.36. The average Bonchev–Trinajstić information content (AvgIpc) is 2.17. The van der Waals surface area contributed by atoms with Gasteiger partial charge in [0, 0.05) is 20.8 Å². The Morgan fingerprint density at radius 2 is 1.77 bits per heavy atom. The van der Waals surface area contributed by atoms with Crippen LogP contribution >= 0.6 is 0 Å². The highest BCUT2D eigenvalue weighted by Gasteiger charge is 2.27. The third kappa shape index (κ3) is 6.15. The van der Waals surface area contributed by atoms with Crippen LogP contribution in [0.2, 0.25) is 12.6 Å². The summed E-state index contributed by atoms with van der Waals surface area (Å²) < 4.78 is 27.2. The number of hydrogen-bond donors (Lipinski definition) is 0. The van der Waals surface area contributed by atoms with Crippen LogP contribution in [0.15, 0.2) is 0 Å². The summed E-state index contributed by atoms with van der Waals surface area (Å²) in [5.41, 5.74) is 0. The topological polar surface area (TPSA) is 27.7 Å². The molecular weight excluding hydrogens is 191 g/mol. The fourth-order valence-corrected chi connectivity index (χ4v) is 2.30. The van der Waals surface area contributed by atoms with Gasteiger partial charge >= 0.3 is 8.56 Å². The van der Waals surface area contributed by atoms with Gasteiger partial charge in [0.1, 0.15) is 6.67 Å². The lowest BCUT2D eigenvalue weighted by Crippen LogP contribution is -2.36. The molecule has 0 aliphatic carbocycles. The highest BCUT2D eigenvalue weighted by molar-refractivity contribution is 6.65. The van der Waals surface area contributed by atoms with Crippen LogP contribution < -0.4 is 0 Å². The molecule has 3 nitrogen and oxygen atoms in total. The molecule has 0 unspecified atom stereocenters. The van der Waals surface area contributed by atoms with Crippen molar-refractivity contribution in [2.75, 3.05) is 34.1 Å². The fourth-order valence-electron chi connectivity index (χ4n) is 0.939. The summed E-state index contributed by atoms with van der Waals surface area (Å²) in [5, 5.41) is 0. The maximum atomic E-state index is 11.6. The molecule has 0 aromatic carbocycles. The third-order valence-electron chi connectivity index (χ3n) is 2.00. The zero-order valence-corrected chi connectivity index (χ0v) is 9.64. The molecule has 0 saturated heterocycles. The predicted molar refractivity (Wildman–Crippen MR) is 51.9 cm³/mol. The first-order chi connectivity index (χ1) is 6.18. The minimum absolute atomic E-state index is 0.193. The van der Waals surface area contributed by atoms with Gasteiger partial charge in [0.05, 0.1) is 6.61 Å². The van der Waals surface area contributed by atoms with E-state index in [-0.39, 0.29) is 6.61 Å². The predicted octanol–water partition coefficient (Wildman–Crippen LogP) is 1.73. The van der Waals surface area contributed by atoms with E-state index in [0.717, 1.165) is 12.5 Å². The Hall–Kier alpha value is 0.0269. The van der Waals surface area contributed by atoms with Crippen molar-refractivity contribution in [2.45, 2.75) is 19.0 Å². The van der Waals surface area contributed by atoms with Crippen molar-refractivity contribution in [3.63, 3.8) is 0 Å². The number of alkyl halides is 1. The Morgan fingerprint density at radius 1 is 1.15 bits per heavy atom. The van der Waals surface area contributed by atoms with Crippen LogP contribution in [0.4, 0.5) is 4.39 Å². The molecule has 80 valence electrons. The van der Waals surface area contributed by atoms with Crippen molar-refractivity contribution in [1.82, 2.24) is 0 Å². The minimum Gasteiger partial charge on any atom is -0.398 e. The summed E-state index contributed by atoms with van der Waals surface area (Å²) in [6, 6.07) is 0.881. The van der Waals surface area contributed by atoms with E-state index in [1.54, 1.807) is 14.2 Å². The number of rotatable bonds is 8. The highest BCUT2D eigenvalue weighted by Crippen LogP contribution is 2.13. The Morgan fingerprint density at radius 3 is 2.23 bits per heavy atom. The molecule has 0 amide bonds. The van der Waals surface area contributed by atoms with Gasteiger partial charge < -0.3 is 13.6 Å². The van der Waals surface area contributed by atoms with Crippen LogP contribution in [0, 0.1) is 0 Å². The molecule has 0 saturated carbocycles. The molecule has 0 bridgehead atoms. The number of halogens is 1. The van der Waals surface area contributed by atoms with Crippen LogP contribution in [-0.4, -0.2) is 42.7 Å². The maximum Gasteiger partial charge on any atom is 0.334 e. The molecule has 0 rings (SSSR count). The molecule has 0 atom stereocenters. The van der Waals surface area contributed by atoms with Crippen molar-refractivity contribution < 1.29 is 18.0 Å². The largest absolute Gasteiger partial charge is 0.398 e. The summed E-state index contributed by atoms with van der Waals surface area (Å²) in [5.74, 6) is 0. The molecule has 0 fully saturated rings. The van der Waals surface area contributed by atoms with Crippen LogP contribution in [0.3, 0.4) is 0 Å². The quantitative estimate of drug-likeness (QED) is 0.451. The Balaban J connectivity index is 3.39. The van der Waals surface area contributed by atoms with Gasteiger partial charge in [-0.15, -0.1) is 0 Å². The van der Waals surface area contributed by atoms with E-state index in [9.17, 15) is 4.39 Å². The van der Waals surface area contributed by atoms with E-state index in [1.165, 1.54) is 0 Å². The van der Waals surface area contributed by atoms with Gasteiger partial charge in [-0.2, -0.15) is 0 Å². The average molecular weight is 210 g/mol. The lowest BCUT2D eigenvalue weighted by atomic mass is 10.5. The minimum atomic E-state index is -1.93. The van der Waals surface area contributed by atoms with E-state index < -0.39 is 15.2 Å². The van der Waals surface area contributed by atoms with Crippen molar-refractivity contribution >= 4 is 8.56 Å². The van der Waals surface area contributed by atoms with Crippen LogP contribution in [0.25, 0.3) is 0 Å². The Kier molecular flexibility index (Phi) is 7.45. The highest BCUT2D eigenvalue weighted by atomic mass is 28.4. The lowest BCUT2D eigenvalue weighted by molar-refractivity contribution is 0.117. The molecule has 5 heteroatoms. The van der Waals surface area contributed by atoms with E-state index in [1.807, 2.05) is 6.55 Å². The van der Waals surface area contributed by atoms with Gasteiger partial charge in [-0.05, 0) is 19.0 Å². The standard InChI is InChI=1S/C8H19FO3Si/c1-10-13(3,11-2)8-4-6-12-7-5-9/h4-8H2,1-3H3. The van der Waals surface area contributed by atoms with Crippen LogP contribution in [0.1, 0.15) is 6.42 Å². The molecule has 0 aromatic heterocycles. The second kappa shape index (κ2) is 7.43. The Labute approximate surface area is 80.4 Å². The third-order valence-corrected chi connectivity index (χ3v) is 4.99. The molecular formula is C8H19FO3Si. The molecule has 0 radical (unpaired) electrons. The van der Waals surface area contributed by atoms with Gasteiger partial charge in [-0.3, -0.25) is 0 Å². The summed E-state index contributed by atoms with van der Waals surface area (Å²) in [6.07, 6.45) is 0.865. The molecule has 0 spiro atoms. The van der Waals surface area contributed by atoms with Crippen LogP contribution in [-0.2, 0) is 13.6 Å². The van der Waals surface area contributed by atoms with Gasteiger partial charge in [0.15, 0.2) is 0 Å². The van der Waals surface area contributed by atoms with E-state index in [4.69, 9.17) is 13.6 Å². The van der Waals surface area contributed by atoms with E-state index in [0.29, 0.717) is 6.61 Å². The Bertz CT molecular complexity index is 120. The number of ether oxygens (including phenoxy) is 1. The molecule has 0 aliphatic rings. The van der Waals surface area contributed by atoms with Gasteiger partial charge in [-0.1, -0.05) is 0 Å². The molecule has 13 heavy (non-hydrogen) atoms. The zero-order chi connectivity index (χ0) is 10.2. The SMILES string of the molecule is CO[Si](C)(CCCOCCF)OC. The summed E-state index contributed by atoms with van der Waals surface area (Å²) >= 11 is 0. The number of hydrogen-bond acceptors (Lipinski definition) is 3. The smallest absolute Gasteiger partial charge is 0.334 e. The molecule has 0 N–H and O–H groups in total.